The van der Waals surface area contributed by atoms with Crippen molar-refractivity contribution in [2.75, 3.05) is 0 Å². The highest BCUT2D eigenvalue weighted by Gasteiger charge is 2.11. The third-order valence-corrected chi connectivity index (χ3v) is 3.75. The Bertz CT molecular complexity index is 999. The molecular formula is C16H13N7O. The molecule has 0 spiro atoms. The molecule has 0 fully saturated rings. The quantitative estimate of drug-likeness (QED) is 0.592. The second-order valence-corrected chi connectivity index (χ2v) is 5.25. The zero-order valence-corrected chi connectivity index (χ0v) is 12.5. The van der Waals surface area contributed by atoms with Crippen LogP contribution in [0.2, 0.25) is 0 Å². The summed E-state index contributed by atoms with van der Waals surface area (Å²) in [6.45, 7) is 0.524. The van der Waals surface area contributed by atoms with Gasteiger partial charge in [-0.2, -0.15) is 5.21 Å². The number of nitrogens with one attached hydrogen (secondary N) is 2. The summed E-state index contributed by atoms with van der Waals surface area (Å²) in [6.07, 6.45) is 6.80. The number of nitrogens with zero attached hydrogens (tertiary/aromatic N) is 5. The summed E-state index contributed by atoms with van der Waals surface area (Å²) in [6, 6.07) is 9.92. The van der Waals surface area contributed by atoms with Gasteiger partial charge in [-0.3, -0.25) is 9.55 Å². The molecule has 0 atom stereocenters. The summed E-state index contributed by atoms with van der Waals surface area (Å²) in [5.41, 5.74) is 3.71. The molecule has 118 valence electrons. The van der Waals surface area contributed by atoms with E-state index < -0.39 is 0 Å². The highest BCUT2D eigenvalue weighted by atomic mass is 16.1. The smallest absolute Gasteiger partial charge is 0.313 e. The zero-order chi connectivity index (χ0) is 16.4. The van der Waals surface area contributed by atoms with Crippen LogP contribution in [-0.2, 0) is 6.54 Å². The largest absolute Gasteiger partial charge is 0.325 e. The van der Waals surface area contributed by atoms with Crippen LogP contribution >= 0.6 is 0 Å². The molecule has 0 unspecified atom stereocenters. The van der Waals surface area contributed by atoms with Gasteiger partial charge in [0.05, 0.1) is 6.54 Å². The lowest BCUT2D eigenvalue weighted by molar-refractivity contribution is 0.762. The van der Waals surface area contributed by atoms with Crippen LogP contribution in [0, 0.1) is 0 Å². The molecule has 4 rings (SSSR count). The third-order valence-electron chi connectivity index (χ3n) is 3.75. The number of hydrogen-bond donors (Lipinski definition) is 2. The number of hydrogen-bond acceptors (Lipinski definition) is 5. The molecule has 0 aliphatic heterocycles. The molecule has 0 radical (unpaired) electrons. The topological polar surface area (TPSA) is 105 Å². The number of aromatic nitrogens is 7. The molecule has 8 heteroatoms. The first kappa shape index (κ1) is 14.1. The maximum atomic E-state index is 11.6. The molecule has 8 nitrogen and oxygen atoms in total. The summed E-state index contributed by atoms with van der Waals surface area (Å²) >= 11 is 0. The first-order valence-corrected chi connectivity index (χ1v) is 7.32. The van der Waals surface area contributed by atoms with Gasteiger partial charge in [-0.25, -0.2) is 4.79 Å². The molecule has 3 aromatic heterocycles. The van der Waals surface area contributed by atoms with Crippen molar-refractivity contribution in [3.05, 3.63) is 71.2 Å². The van der Waals surface area contributed by atoms with Crippen molar-refractivity contribution >= 4 is 0 Å². The lowest BCUT2D eigenvalue weighted by Gasteiger charge is -2.08. The van der Waals surface area contributed by atoms with Gasteiger partial charge in [0, 0.05) is 30.4 Å². The maximum Gasteiger partial charge on any atom is 0.325 e. The van der Waals surface area contributed by atoms with E-state index in [1.54, 1.807) is 29.4 Å². The molecule has 0 aliphatic carbocycles. The Balaban J connectivity index is 1.67. The van der Waals surface area contributed by atoms with Crippen molar-refractivity contribution in [1.82, 2.24) is 35.2 Å². The van der Waals surface area contributed by atoms with Crippen LogP contribution in [0.15, 0.2) is 59.9 Å². The Morgan fingerprint density at radius 2 is 1.96 bits per heavy atom. The van der Waals surface area contributed by atoms with Crippen LogP contribution in [-0.4, -0.2) is 35.2 Å². The summed E-state index contributed by atoms with van der Waals surface area (Å²) in [5, 5.41) is 14.1. The molecule has 4 aromatic rings. The molecular weight excluding hydrogens is 306 g/mol. The van der Waals surface area contributed by atoms with Crippen LogP contribution in [0.25, 0.3) is 22.5 Å². The van der Waals surface area contributed by atoms with Crippen LogP contribution in [0.4, 0.5) is 0 Å². The highest BCUT2D eigenvalue weighted by molar-refractivity contribution is 5.79. The maximum absolute atomic E-state index is 11.6. The van der Waals surface area contributed by atoms with Gasteiger partial charge >= 0.3 is 5.69 Å². The number of tetrazole rings is 1. The SMILES string of the molecule is O=c1[nH]ccn1Cc1ccc(-c2ccncc2-c2nn[nH]n2)cc1. The molecule has 2 N–H and O–H groups in total. The lowest BCUT2D eigenvalue weighted by Crippen LogP contribution is -2.16. The van der Waals surface area contributed by atoms with Crippen molar-refractivity contribution in [3.63, 3.8) is 0 Å². The molecule has 24 heavy (non-hydrogen) atoms. The van der Waals surface area contributed by atoms with E-state index in [0.717, 1.165) is 22.3 Å². The van der Waals surface area contributed by atoms with Crippen LogP contribution in [0.5, 0.6) is 0 Å². The van der Waals surface area contributed by atoms with Gasteiger partial charge in [-0.15, -0.1) is 10.2 Å². The monoisotopic (exact) mass is 319 g/mol. The zero-order valence-electron chi connectivity index (χ0n) is 12.5. The lowest BCUT2D eigenvalue weighted by atomic mass is 10.00. The predicted molar refractivity (Wildman–Crippen MR) is 87.0 cm³/mol. The summed E-state index contributed by atoms with van der Waals surface area (Å²) in [5.74, 6) is 0.501. The van der Waals surface area contributed by atoms with Gasteiger partial charge in [0.2, 0.25) is 5.82 Å². The van der Waals surface area contributed by atoms with Crippen molar-refractivity contribution in [2.24, 2.45) is 0 Å². The van der Waals surface area contributed by atoms with Crippen LogP contribution in [0.1, 0.15) is 5.56 Å². The summed E-state index contributed by atoms with van der Waals surface area (Å²) in [7, 11) is 0. The minimum atomic E-state index is -0.118. The van der Waals surface area contributed by atoms with Gasteiger partial charge in [0.15, 0.2) is 0 Å². The van der Waals surface area contributed by atoms with Gasteiger partial charge in [-0.05, 0) is 28.0 Å². The normalized spacial score (nSPS) is 10.8. The molecule has 0 saturated heterocycles. The molecule has 3 heterocycles. The Hall–Kier alpha value is -3.55. The second kappa shape index (κ2) is 5.92. The molecule has 0 amide bonds. The van der Waals surface area contributed by atoms with E-state index in [0.29, 0.717) is 12.4 Å². The van der Waals surface area contributed by atoms with Gasteiger partial charge < -0.3 is 4.98 Å². The van der Waals surface area contributed by atoms with E-state index in [2.05, 4.69) is 30.6 Å². The Morgan fingerprint density at radius 3 is 2.67 bits per heavy atom. The van der Waals surface area contributed by atoms with Crippen molar-refractivity contribution in [1.29, 1.82) is 0 Å². The van der Waals surface area contributed by atoms with Crippen LogP contribution in [0.3, 0.4) is 0 Å². The number of benzene rings is 1. The second-order valence-electron chi connectivity index (χ2n) is 5.25. The number of imidazole rings is 1. The van der Waals surface area contributed by atoms with Crippen LogP contribution < -0.4 is 5.69 Å². The number of H-pyrrole nitrogens is 2. The minimum absolute atomic E-state index is 0.118. The Kier molecular flexibility index (Phi) is 3.47. The minimum Gasteiger partial charge on any atom is -0.313 e. The van der Waals surface area contributed by atoms with E-state index in [9.17, 15) is 4.79 Å². The fraction of sp³-hybridized carbons (Fsp3) is 0.0625. The van der Waals surface area contributed by atoms with E-state index >= 15 is 0 Å². The van der Waals surface area contributed by atoms with Crippen molar-refractivity contribution in [2.45, 2.75) is 6.54 Å². The van der Waals surface area contributed by atoms with Crippen molar-refractivity contribution in [3.8, 4) is 22.5 Å². The molecule has 0 aliphatic rings. The number of aromatic amines is 2. The van der Waals surface area contributed by atoms with E-state index in [1.807, 2.05) is 30.3 Å². The first-order valence-electron chi connectivity index (χ1n) is 7.32. The summed E-state index contributed by atoms with van der Waals surface area (Å²) in [4.78, 5) is 18.3. The average molecular weight is 319 g/mol. The average Bonchev–Trinajstić information content (AvgIpc) is 3.28. The van der Waals surface area contributed by atoms with Crippen molar-refractivity contribution < 1.29 is 0 Å². The van der Waals surface area contributed by atoms with E-state index in [-0.39, 0.29) is 5.69 Å². The standard InChI is InChI=1S/C16H13N7O/c24-16-18-7-8-23(16)10-11-1-3-12(4-2-11)13-5-6-17-9-14(13)15-19-21-22-20-15/h1-9H,10H2,(H,18,24)(H,19,20,21,22). The third kappa shape index (κ3) is 2.60. The fourth-order valence-electron chi connectivity index (χ4n) is 2.56. The van der Waals surface area contributed by atoms with Gasteiger partial charge in [0.1, 0.15) is 0 Å². The summed E-state index contributed by atoms with van der Waals surface area (Å²) < 4.78 is 1.62. The van der Waals surface area contributed by atoms with E-state index in [1.165, 1.54) is 0 Å². The predicted octanol–water partition coefficient (Wildman–Crippen LogP) is 1.47. The Morgan fingerprint density at radius 1 is 1.08 bits per heavy atom. The molecule has 0 saturated carbocycles. The first-order chi connectivity index (χ1) is 11.8. The molecule has 1 aromatic carbocycles. The Labute approximate surface area is 136 Å². The van der Waals surface area contributed by atoms with Gasteiger partial charge in [-0.1, -0.05) is 24.3 Å². The van der Waals surface area contributed by atoms with Gasteiger partial charge in [0.25, 0.3) is 0 Å². The van der Waals surface area contributed by atoms with E-state index in [4.69, 9.17) is 0 Å². The molecule has 0 bridgehead atoms. The number of rotatable bonds is 4. The highest BCUT2D eigenvalue weighted by Crippen LogP contribution is 2.28. The fourth-order valence-corrected chi connectivity index (χ4v) is 2.56. The number of pyridine rings is 1.